The van der Waals surface area contributed by atoms with Crippen LogP contribution in [0, 0.1) is 5.82 Å². The van der Waals surface area contributed by atoms with Gasteiger partial charge in [0.25, 0.3) is 0 Å². The zero-order chi connectivity index (χ0) is 17.4. The Morgan fingerprint density at radius 3 is 2.64 bits per heavy atom. The maximum atomic E-state index is 12.9. The van der Waals surface area contributed by atoms with Gasteiger partial charge in [-0.2, -0.15) is 9.29 Å². The summed E-state index contributed by atoms with van der Waals surface area (Å²) < 4.78 is 49.4. The molecule has 1 aliphatic rings. The van der Waals surface area contributed by atoms with Crippen molar-refractivity contribution >= 4 is 10.0 Å². The predicted octanol–water partition coefficient (Wildman–Crippen LogP) is 2.40. The van der Waals surface area contributed by atoms with Crippen molar-refractivity contribution in [1.82, 2.24) is 14.4 Å². The van der Waals surface area contributed by atoms with Gasteiger partial charge in [-0.3, -0.25) is 0 Å². The second-order valence-corrected chi connectivity index (χ2v) is 7.80. The van der Waals surface area contributed by atoms with E-state index >= 15 is 0 Å². The van der Waals surface area contributed by atoms with Gasteiger partial charge in [0.2, 0.25) is 21.7 Å². The van der Waals surface area contributed by atoms with Crippen molar-refractivity contribution in [2.75, 3.05) is 13.1 Å². The van der Waals surface area contributed by atoms with Gasteiger partial charge in [0, 0.05) is 13.1 Å². The maximum absolute atomic E-state index is 12.9. The van der Waals surface area contributed by atoms with Crippen LogP contribution in [0.25, 0.3) is 11.6 Å². The quantitative estimate of drug-likeness (QED) is 0.691. The number of aromatic nitrogens is 2. The molecule has 0 radical (unpaired) electrons. The Labute approximate surface area is 143 Å². The molecule has 25 heavy (non-hydrogen) atoms. The van der Waals surface area contributed by atoms with E-state index in [1.807, 2.05) is 0 Å². The highest BCUT2D eigenvalue weighted by atomic mass is 32.2. The third kappa shape index (κ3) is 3.20. The molecule has 0 unspecified atom stereocenters. The van der Waals surface area contributed by atoms with Gasteiger partial charge < -0.3 is 8.94 Å². The molecule has 3 aromatic rings. The maximum Gasteiger partial charge on any atom is 0.238 e. The van der Waals surface area contributed by atoms with Crippen LogP contribution in [0.2, 0.25) is 0 Å². The van der Waals surface area contributed by atoms with E-state index in [-0.39, 0.29) is 24.8 Å². The summed E-state index contributed by atoms with van der Waals surface area (Å²) in [6.45, 7) is 0.562. The summed E-state index contributed by atoms with van der Waals surface area (Å²) in [4.78, 5) is 4.25. The Bertz CT molecular complexity index is 961. The summed E-state index contributed by atoms with van der Waals surface area (Å²) in [7, 11) is -3.46. The fourth-order valence-corrected chi connectivity index (χ4v) is 4.22. The van der Waals surface area contributed by atoms with Crippen molar-refractivity contribution in [1.29, 1.82) is 0 Å². The second-order valence-electron chi connectivity index (χ2n) is 5.83. The third-order valence-electron chi connectivity index (χ3n) is 4.04. The molecule has 0 atom stereocenters. The fraction of sp³-hybridized carbons (Fsp3) is 0.250. The number of rotatable bonds is 5. The van der Waals surface area contributed by atoms with Crippen LogP contribution in [0.4, 0.5) is 4.39 Å². The van der Waals surface area contributed by atoms with Crippen molar-refractivity contribution in [3.8, 4) is 11.6 Å². The highest BCUT2D eigenvalue weighted by Crippen LogP contribution is 2.30. The van der Waals surface area contributed by atoms with Gasteiger partial charge in [-0.05, 0) is 29.8 Å². The van der Waals surface area contributed by atoms with Crippen LogP contribution in [0.3, 0.4) is 0 Å². The first-order chi connectivity index (χ1) is 12.0. The monoisotopic (exact) mass is 363 g/mol. The van der Waals surface area contributed by atoms with Gasteiger partial charge in [-0.25, -0.2) is 12.8 Å². The zero-order valence-electron chi connectivity index (χ0n) is 13.0. The molecule has 4 rings (SSSR count). The molecule has 0 aliphatic carbocycles. The molecule has 1 aromatic carbocycles. The molecule has 9 heteroatoms. The Kier molecular flexibility index (Phi) is 3.89. The molecule has 0 N–H and O–H groups in total. The first-order valence-electron chi connectivity index (χ1n) is 7.61. The molecule has 2 aromatic heterocycles. The molecular weight excluding hydrogens is 349 g/mol. The van der Waals surface area contributed by atoms with E-state index < -0.39 is 15.8 Å². The third-order valence-corrected chi connectivity index (χ3v) is 5.82. The lowest BCUT2D eigenvalue weighted by atomic mass is 10.0. The number of furan rings is 1. The Hall–Kier alpha value is -2.52. The molecule has 7 nitrogen and oxygen atoms in total. The van der Waals surface area contributed by atoms with E-state index in [1.54, 1.807) is 12.1 Å². The summed E-state index contributed by atoms with van der Waals surface area (Å²) in [5, 5.41) is 3.84. The van der Waals surface area contributed by atoms with Gasteiger partial charge in [0.1, 0.15) is 5.82 Å². The molecule has 0 bridgehead atoms. The van der Waals surface area contributed by atoms with Crippen LogP contribution in [0.15, 0.2) is 51.6 Å². The summed E-state index contributed by atoms with van der Waals surface area (Å²) in [5.41, 5.74) is 0.544. The number of benzene rings is 1. The average molecular weight is 363 g/mol. The minimum atomic E-state index is -3.46. The molecule has 1 saturated heterocycles. The predicted molar refractivity (Wildman–Crippen MR) is 85.3 cm³/mol. The molecule has 3 heterocycles. The van der Waals surface area contributed by atoms with Gasteiger partial charge in [0.05, 0.1) is 17.9 Å². The van der Waals surface area contributed by atoms with E-state index in [9.17, 15) is 12.8 Å². The second kappa shape index (κ2) is 6.08. The van der Waals surface area contributed by atoms with Crippen LogP contribution in [-0.4, -0.2) is 36.0 Å². The zero-order valence-corrected chi connectivity index (χ0v) is 13.8. The summed E-state index contributed by atoms with van der Waals surface area (Å²) in [6.07, 6.45) is 1.51. The number of nitrogens with zero attached hydrogens (tertiary/aromatic N) is 3. The lowest BCUT2D eigenvalue weighted by Crippen LogP contribution is -2.48. The van der Waals surface area contributed by atoms with E-state index in [2.05, 4.69) is 10.1 Å². The Morgan fingerprint density at radius 1 is 1.20 bits per heavy atom. The van der Waals surface area contributed by atoms with Gasteiger partial charge in [-0.15, -0.1) is 0 Å². The lowest BCUT2D eigenvalue weighted by molar-refractivity contribution is 0.216. The summed E-state index contributed by atoms with van der Waals surface area (Å²) in [6, 6.07) is 8.87. The molecule has 1 aliphatic heterocycles. The first kappa shape index (κ1) is 16.0. The Morgan fingerprint density at radius 2 is 1.96 bits per heavy atom. The topological polar surface area (TPSA) is 89.4 Å². The van der Waals surface area contributed by atoms with Crippen LogP contribution >= 0.6 is 0 Å². The molecule has 0 saturated carbocycles. The fourth-order valence-electron chi connectivity index (χ4n) is 2.61. The van der Waals surface area contributed by atoms with Crippen molar-refractivity contribution in [2.45, 2.75) is 11.7 Å². The van der Waals surface area contributed by atoms with Gasteiger partial charge >= 0.3 is 0 Å². The number of hydrogen-bond donors (Lipinski definition) is 0. The van der Waals surface area contributed by atoms with E-state index in [0.717, 1.165) is 0 Å². The summed E-state index contributed by atoms with van der Waals surface area (Å²) in [5.74, 6) is 0.525. The van der Waals surface area contributed by atoms with Crippen LogP contribution in [0.5, 0.6) is 0 Å². The molecule has 0 spiro atoms. The highest BCUT2D eigenvalue weighted by molar-refractivity contribution is 7.88. The van der Waals surface area contributed by atoms with Crippen molar-refractivity contribution in [3.63, 3.8) is 0 Å². The van der Waals surface area contributed by atoms with Crippen LogP contribution < -0.4 is 0 Å². The molecular formula is C16H14FN3O4S. The Balaban J connectivity index is 1.40. The van der Waals surface area contributed by atoms with E-state index in [0.29, 0.717) is 23.0 Å². The van der Waals surface area contributed by atoms with E-state index in [4.69, 9.17) is 8.94 Å². The first-order valence-corrected chi connectivity index (χ1v) is 9.22. The minimum Gasteiger partial charge on any atom is -0.461 e. The molecule has 0 amide bonds. The van der Waals surface area contributed by atoms with Gasteiger partial charge in [0.15, 0.2) is 5.76 Å². The smallest absolute Gasteiger partial charge is 0.238 e. The van der Waals surface area contributed by atoms with Crippen molar-refractivity contribution in [3.05, 3.63) is 59.9 Å². The number of halogens is 1. The summed E-state index contributed by atoms with van der Waals surface area (Å²) >= 11 is 0. The minimum absolute atomic E-state index is 0.140. The van der Waals surface area contributed by atoms with Crippen molar-refractivity contribution < 1.29 is 21.7 Å². The largest absolute Gasteiger partial charge is 0.461 e. The van der Waals surface area contributed by atoms with E-state index in [1.165, 1.54) is 34.8 Å². The number of hydrogen-bond acceptors (Lipinski definition) is 6. The SMILES string of the molecule is O=S(=O)(Cc1ccc(F)cc1)N1CC(c2nc(-c3ccco3)no2)C1. The van der Waals surface area contributed by atoms with Crippen LogP contribution in [0.1, 0.15) is 17.4 Å². The molecule has 1 fully saturated rings. The lowest BCUT2D eigenvalue weighted by Gasteiger charge is -2.35. The molecule has 130 valence electrons. The standard InChI is InChI=1S/C16H14FN3O4S/c17-13-5-3-11(4-6-13)10-25(21,22)20-8-12(9-20)16-18-15(19-24-16)14-2-1-7-23-14/h1-7,12H,8-10H2. The van der Waals surface area contributed by atoms with Crippen molar-refractivity contribution in [2.24, 2.45) is 0 Å². The number of sulfonamides is 1. The normalized spacial score (nSPS) is 16.0. The highest BCUT2D eigenvalue weighted by Gasteiger charge is 2.39. The average Bonchev–Trinajstić information content (AvgIpc) is 3.18. The van der Waals surface area contributed by atoms with Gasteiger partial charge in [-0.1, -0.05) is 17.3 Å². The van der Waals surface area contributed by atoms with Crippen LogP contribution in [-0.2, 0) is 15.8 Å².